The van der Waals surface area contributed by atoms with Crippen LogP contribution in [0.25, 0.3) is 0 Å². The molecule has 1 atom stereocenters. The third-order valence-corrected chi connectivity index (χ3v) is 1.94. The molecule has 1 unspecified atom stereocenters. The number of carbonyl (C=O) groups is 1. The first kappa shape index (κ1) is 12.7. The van der Waals surface area contributed by atoms with Gasteiger partial charge in [-0.2, -0.15) is 0 Å². The lowest BCUT2D eigenvalue weighted by molar-refractivity contribution is -0.142. The van der Waals surface area contributed by atoms with Crippen molar-refractivity contribution in [3.8, 4) is 0 Å². The Bertz CT molecular complexity index is 176. The van der Waals surface area contributed by atoms with Crippen LogP contribution in [0, 0.1) is 0 Å². The molecule has 3 heteroatoms. The Morgan fingerprint density at radius 1 is 1.54 bits per heavy atom. The highest BCUT2D eigenvalue weighted by atomic mass is 79.9. The van der Waals surface area contributed by atoms with Crippen LogP contribution in [0.15, 0.2) is 12.2 Å². The Morgan fingerprint density at radius 3 is 2.62 bits per heavy atom. The van der Waals surface area contributed by atoms with Gasteiger partial charge in [0.05, 0.1) is 6.61 Å². The number of rotatable bonds is 6. The lowest BCUT2D eigenvalue weighted by atomic mass is 10.1. The highest BCUT2D eigenvalue weighted by Gasteiger charge is 2.08. The van der Waals surface area contributed by atoms with Crippen molar-refractivity contribution in [2.75, 3.05) is 6.61 Å². The number of ether oxygens (including phenoxy) is 1. The summed E-state index contributed by atoms with van der Waals surface area (Å²) in [6.45, 7) is 8.08. The van der Waals surface area contributed by atoms with Crippen LogP contribution in [0.4, 0.5) is 0 Å². The molecule has 13 heavy (non-hydrogen) atoms. The zero-order chi connectivity index (χ0) is 10.3. The summed E-state index contributed by atoms with van der Waals surface area (Å²) in [5, 5.41) is 0. The number of alkyl halides is 1. The Morgan fingerprint density at radius 2 is 2.15 bits per heavy atom. The molecule has 0 spiro atoms. The second-order valence-corrected chi connectivity index (χ2v) is 4.57. The summed E-state index contributed by atoms with van der Waals surface area (Å²) in [7, 11) is 0. The van der Waals surface area contributed by atoms with E-state index < -0.39 is 0 Å². The van der Waals surface area contributed by atoms with E-state index in [0.29, 0.717) is 6.61 Å². The Balaban J connectivity index is 3.26. The molecule has 0 amide bonds. The molecule has 0 saturated heterocycles. The van der Waals surface area contributed by atoms with Crippen LogP contribution >= 0.6 is 15.9 Å². The van der Waals surface area contributed by atoms with E-state index in [1.54, 1.807) is 6.92 Å². The standard InChI is InChI=1S/C10H17BrO2/c1-8(2)6-4-5-7-13-10(12)9(3)11/h9H,1,4-7H2,2-3H3. The maximum atomic E-state index is 11.0. The zero-order valence-electron chi connectivity index (χ0n) is 8.31. The molecule has 2 nitrogen and oxygen atoms in total. The molecule has 0 heterocycles. The molecule has 0 saturated carbocycles. The summed E-state index contributed by atoms with van der Waals surface area (Å²) in [6, 6.07) is 0. The summed E-state index contributed by atoms with van der Waals surface area (Å²) in [5.74, 6) is -0.185. The van der Waals surface area contributed by atoms with Crippen LogP contribution in [0.1, 0.15) is 33.1 Å². The van der Waals surface area contributed by atoms with Crippen LogP contribution in [-0.4, -0.2) is 17.4 Å². The van der Waals surface area contributed by atoms with Crippen molar-refractivity contribution in [2.24, 2.45) is 0 Å². The van der Waals surface area contributed by atoms with E-state index in [1.165, 1.54) is 5.57 Å². The van der Waals surface area contributed by atoms with E-state index in [0.717, 1.165) is 19.3 Å². The van der Waals surface area contributed by atoms with Gasteiger partial charge in [0.2, 0.25) is 0 Å². The number of halogens is 1. The fraction of sp³-hybridized carbons (Fsp3) is 0.700. The van der Waals surface area contributed by atoms with Crippen molar-refractivity contribution in [3.05, 3.63) is 12.2 Å². The number of unbranched alkanes of at least 4 members (excludes halogenated alkanes) is 1. The van der Waals surface area contributed by atoms with Gasteiger partial charge in [-0.05, 0) is 33.1 Å². The average Bonchev–Trinajstić information content (AvgIpc) is 2.02. The highest BCUT2D eigenvalue weighted by Crippen LogP contribution is 2.05. The number of hydrogen-bond acceptors (Lipinski definition) is 2. The summed E-state index contributed by atoms with van der Waals surface area (Å²) in [4.78, 5) is 10.8. The zero-order valence-corrected chi connectivity index (χ0v) is 9.89. The molecule has 0 aliphatic carbocycles. The molecule has 0 aromatic heterocycles. The fourth-order valence-electron chi connectivity index (χ4n) is 0.816. The first-order chi connectivity index (χ1) is 6.04. The second-order valence-electron chi connectivity index (χ2n) is 3.20. The van der Waals surface area contributed by atoms with Crippen molar-refractivity contribution in [3.63, 3.8) is 0 Å². The molecule has 0 rings (SSSR count). The van der Waals surface area contributed by atoms with E-state index in [4.69, 9.17) is 4.74 Å². The van der Waals surface area contributed by atoms with Gasteiger partial charge in [0.25, 0.3) is 0 Å². The summed E-state index contributed by atoms with van der Waals surface area (Å²) in [5.41, 5.74) is 1.18. The van der Waals surface area contributed by atoms with Crippen LogP contribution in [0.5, 0.6) is 0 Å². The summed E-state index contributed by atoms with van der Waals surface area (Å²) in [6.07, 6.45) is 2.97. The van der Waals surface area contributed by atoms with Gasteiger partial charge in [0, 0.05) is 0 Å². The first-order valence-electron chi connectivity index (χ1n) is 4.49. The molecule has 0 bridgehead atoms. The van der Waals surface area contributed by atoms with Gasteiger partial charge in [-0.3, -0.25) is 4.79 Å². The molecule has 0 aliphatic heterocycles. The van der Waals surface area contributed by atoms with Gasteiger partial charge >= 0.3 is 5.97 Å². The molecule has 0 aromatic rings. The highest BCUT2D eigenvalue weighted by molar-refractivity contribution is 9.10. The second kappa shape index (κ2) is 7.13. The molecule has 0 aliphatic rings. The maximum Gasteiger partial charge on any atom is 0.319 e. The Hall–Kier alpha value is -0.310. The van der Waals surface area contributed by atoms with Gasteiger partial charge < -0.3 is 4.74 Å². The smallest absolute Gasteiger partial charge is 0.319 e. The van der Waals surface area contributed by atoms with Gasteiger partial charge in [0.1, 0.15) is 4.83 Å². The van der Waals surface area contributed by atoms with Crippen LogP contribution < -0.4 is 0 Å². The molecule has 0 radical (unpaired) electrons. The van der Waals surface area contributed by atoms with Gasteiger partial charge in [-0.1, -0.05) is 21.5 Å². The topological polar surface area (TPSA) is 26.3 Å². The normalized spacial score (nSPS) is 12.2. The van der Waals surface area contributed by atoms with Gasteiger partial charge in [0.15, 0.2) is 0 Å². The fourth-order valence-corrected chi connectivity index (χ4v) is 0.949. The largest absolute Gasteiger partial charge is 0.465 e. The molecule has 76 valence electrons. The number of hydrogen-bond donors (Lipinski definition) is 0. The Kier molecular flexibility index (Phi) is 6.96. The number of esters is 1. The SMILES string of the molecule is C=C(C)CCCCOC(=O)C(C)Br. The quantitative estimate of drug-likeness (QED) is 0.313. The maximum absolute atomic E-state index is 11.0. The minimum absolute atomic E-state index is 0.185. The lowest BCUT2D eigenvalue weighted by Gasteiger charge is -2.05. The van der Waals surface area contributed by atoms with Crippen molar-refractivity contribution >= 4 is 21.9 Å². The van der Waals surface area contributed by atoms with Crippen LogP contribution in [0.2, 0.25) is 0 Å². The minimum Gasteiger partial charge on any atom is -0.465 e. The monoisotopic (exact) mass is 248 g/mol. The van der Waals surface area contributed by atoms with Crippen LogP contribution in [-0.2, 0) is 9.53 Å². The van der Waals surface area contributed by atoms with E-state index in [2.05, 4.69) is 22.5 Å². The number of carbonyl (C=O) groups excluding carboxylic acids is 1. The predicted molar refractivity (Wildman–Crippen MR) is 58.0 cm³/mol. The molecule has 0 fully saturated rings. The Labute approximate surface area is 88.5 Å². The first-order valence-corrected chi connectivity index (χ1v) is 5.40. The average molecular weight is 249 g/mol. The summed E-state index contributed by atoms with van der Waals surface area (Å²) < 4.78 is 4.97. The molecular weight excluding hydrogens is 232 g/mol. The number of allylic oxidation sites excluding steroid dienone is 1. The van der Waals surface area contributed by atoms with Crippen molar-refractivity contribution in [1.29, 1.82) is 0 Å². The van der Waals surface area contributed by atoms with Crippen molar-refractivity contribution in [1.82, 2.24) is 0 Å². The van der Waals surface area contributed by atoms with Gasteiger partial charge in [-0.25, -0.2) is 0 Å². The molecular formula is C10H17BrO2. The third kappa shape index (κ3) is 8.03. The van der Waals surface area contributed by atoms with Crippen LogP contribution in [0.3, 0.4) is 0 Å². The van der Waals surface area contributed by atoms with Gasteiger partial charge in [-0.15, -0.1) is 6.58 Å². The predicted octanol–water partition coefficient (Wildman–Crippen LogP) is 3.06. The summed E-state index contributed by atoms with van der Waals surface area (Å²) >= 11 is 3.14. The van der Waals surface area contributed by atoms with E-state index in [-0.39, 0.29) is 10.8 Å². The molecule has 0 N–H and O–H groups in total. The van der Waals surface area contributed by atoms with E-state index >= 15 is 0 Å². The van der Waals surface area contributed by atoms with Crippen molar-refractivity contribution in [2.45, 2.75) is 37.9 Å². The molecule has 0 aromatic carbocycles. The van der Waals surface area contributed by atoms with E-state index in [1.807, 2.05) is 6.92 Å². The lowest BCUT2D eigenvalue weighted by Crippen LogP contribution is -2.14. The third-order valence-electron chi connectivity index (χ3n) is 1.57. The van der Waals surface area contributed by atoms with Crippen molar-refractivity contribution < 1.29 is 9.53 Å². The minimum atomic E-state index is -0.200. The van der Waals surface area contributed by atoms with E-state index in [9.17, 15) is 4.79 Å².